The molecule has 0 aliphatic rings. The van der Waals surface area contributed by atoms with E-state index >= 15 is 0 Å². The van der Waals surface area contributed by atoms with Crippen LogP contribution in [0.2, 0.25) is 0 Å². The topological polar surface area (TPSA) is 73.6 Å². The average molecular weight is 525 g/mol. The first-order chi connectivity index (χ1) is 19.1. The molecular formula is C33H36N2O4. The van der Waals surface area contributed by atoms with Crippen molar-refractivity contribution >= 4 is 5.69 Å². The van der Waals surface area contributed by atoms with Crippen LogP contribution in [0.25, 0.3) is 0 Å². The quantitative estimate of drug-likeness (QED) is 0.102. The Kier molecular flexibility index (Phi) is 10.5. The zero-order valence-electron chi connectivity index (χ0n) is 22.5. The maximum absolute atomic E-state index is 11.6. The molecule has 0 bridgehead atoms. The zero-order valence-corrected chi connectivity index (χ0v) is 22.5. The first-order valence-corrected chi connectivity index (χ1v) is 13.6. The van der Waals surface area contributed by atoms with E-state index in [0.29, 0.717) is 25.4 Å². The molecular weight excluding hydrogens is 488 g/mol. The largest absolute Gasteiger partial charge is 0.489 e. The van der Waals surface area contributed by atoms with E-state index in [-0.39, 0.29) is 10.6 Å². The van der Waals surface area contributed by atoms with Crippen molar-refractivity contribution in [1.82, 2.24) is 5.32 Å². The number of nitro benzene ring substituents is 1. The monoisotopic (exact) mass is 524 g/mol. The number of benzene rings is 4. The summed E-state index contributed by atoms with van der Waals surface area (Å²) in [5.74, 6) is 1.19. The second-order valence-electron chi connectivity index (χ2n) is 9.54. The van der Waals surface area contributed by atoms with Crippen LogP contribution in [0.1, 0.15) is 41.2 Å². The average Bonchev–Trinajstić information content (AvgIpc) is 2.97. The van der Waals surface area contributed by atoms with Gasteiger partial charge in [-0.15, -0.1) is 0 Å². The van der Waals surface area contributed by atoms with Crippen LogP contribution in [0.5, 0.6) is 11.5 Å². The molecule has 4 aromatic carbocycles. The molecule has 6 heteroatoms. The van der Waals surface area contributed by atoms with Gasteiger partial charge in [0.05, 0.1) is 4.92 Å². The highest BCUT2D eigenvalue weighted by atomic mass is 16.6. The van der Waals surface area contributed by atoms with E-state index < -0.39 is 0 Å². The minimum Gasteiger partial charge on any atom is -0.489 e. The molecule has 0 atom stereocenters. The predicted molar refractivity (Wildman–Crippen MR) is 155 cm³/mol. The summed E-state index contributed by atoms with van der Waals surface area (Å²) in [5.41, 5.74) is 5.69. The molecule has 202 valence electrons. The molecule has 0 heterocycles. The van der Waals surface area contributed by atoms with Gasteiger partial charge in [-0.1, -0.05) is 86.1 Å². The van der Waals surface area contributed by atoms with E-state index in [1.165, 1.54) is 11.1 Å². The summed E-state index contributed by atoms with van der Waals surface area (Å²) in [7, 11) is 0. The van der Waals surface area contributed by atoms with Gasteiger partial charge in [0.1, 0.15) is 19.0 Å². The van der Waals surface area contributed by atoms with Crippen LogP contribution in [0, 0.1) is 10.1 Å². The van der Waals surface area contributed by atoms with Gasteiger partial charge in [0, 0.05) is 6.07 Å². The molecule has 0 saturated carbocycles. The Balaban J connectivity index is 1.26. The summed E-state index contributed by atoms with van der Waals surface area (Å²) >= 11 is 0. The molecule has 1 N–H and O–H groups in total. The third-order valence-corrected chi connectivity index (χ3v) is 6.56. The number of nitro groups is 1. The van der Waals surface area contributed by atoms with Crippen molar-refractivity contribution in [1.29, 1.82) is 0 Å². The fourth-order valence-corrected chi connectivity index (χ4v) is 4.48. The normalized spacial score (nSPS) is 10.8. The molecule has 39 heavy (non-hydrogen) atoms. The highest BCUT2D eigenvalue weighted by Crippen LogP contribution is 2.29. The number of nitrogens with zero attached hydrogens (tertiary/aromatic N) is 1. The van der Waals surface area contributed by atoms with E-state index in [2.05, 4.69) is 42.6 Å². The molecule has 0 aromatic heterocycles. The first kappa shape index (κ1) is 27.9. The third kappa shape index (κ3) is 8.69. The van der Waals surface area contributed by atoms with Gasteiger partial charge in [0.25, 0.3) is 0 Å². The fourth-order valence-electron chi connectivity index (χ4n) is 4.48. The predicted octanol–water partition coefficient (Wildman–Crippen LogP) is 7.08. The Morgan fingerprint density at radius 3 is 2.03 bits per heavy atom. The SMILES string of the molecule is CCCc1cc(OCc2ccccc2)ccc1CCNCCc1ccc(OCc2ccccc2)c([N+](=O)[O-])c1. The number of aryl methyl sites for hydroxylation is 1. The van der Waals surface area contributed by atoms with Gasteiger partial charge in [-0.25, -0.2) is 0 Å². The van der Waals surface area contributed by atoms with Crippen molar-refractivity contribution in [3.05, 3.63) is 135 Å². The lowest BCUT2D eigenvalue weighted by atomic mass is 10.00. The number of rotatable bonds is 15. The summed E-state index contributed by atoms with van der Waals surface area (Å²) in [5, 5.41) is 15.1. The third-order valence-electron chi connectivity index (χ3n) is 6.56. The van der Waals surface area contributed by atoms with E-state index in [1.807, 2.05) is 54.6 Å². The maximum atomic E-state index is 11.6. The second kappa shape index (κ2) is 14.7. The number of nitrogens with one attached hydrogen (secondary N) is 1. The molecule has 0 fully saturated rings. The van der Waals surface area contributed by atoms with Crippen molar-refractivity contribution in [3.63, 3.8) is 0 Å². The van der Waals surface area contributed by atoms with E-state index in [4.69, 9.17) is 9.47 Å². The number of hydrogen-bond acceptors (Lipinski definition) is 5. The smallest absolute Gasteiger partial charge is 0.311 e. The molecule has 0 aliphatic carbocycles. The van der Waals surface area contributed by atoms with Gasteiger partial charge in [0.2, 0.25) is 0 Å². The highest BCUT2D eigenvalue weighted by molar-refractivity contribution is 5.49. The van der Waals surface area contributed by atoms with E-state index in [1.54, 1.807) is 12.1 Å². The van der Waals surface area contributed by atoms with E-state index in [0.717, 1.165) is 54.8 Å². The van der Waals surface area contributed by atoms with Gasteiger partial charge in [-0.3, -0.25) is 10.1 Å². The summed E-state index contributed by atoms with van der Waals surface area (Å²) in [6.07, 6.45) is 3.71. The molecule has 0 aliphatic heterocycles. The molecule has 0 amide bonds. The summed E-state index contributed by atoms with van der Waals surface area (Å²) in [4.78, 5) is 11.3. The van der Waals surface area contributed by atoms with Crippen LogP contribution < -0.4 is 14.8 Å². The van der Waals surface area contributed by atoms with Crippen LogP contribution in [0.4, 0.5) is 5.69 Å². The molecule has 6 nitrogen and oxygen atoms in total. The fraction of sp³-hybridized carbons (Fsp3) is 0.273. The Hall–Kier alpha value is -4.16. The van der Waals surface area contributed by atoms with Crippen LogP contribution in [-0.2, 0) is 32.5 Å². The standard InChI is InChI=1S/C33H36N2O4/c1-2-9-30-23-31(38-24-27-10-5-3-6-11-27)16-15-29(30)19-21-34-20-18-26-14-17-33(32(22-26)35(36)37)39-25-28-12-7-4-8-13-28/h3-8,10-17,22-23,34H,2,9,18-21,24-25H2,1H3. The van der Waals surface area contributed by atoms with Gasteiger partial charge in [-0.2, -0.15) is 0 Å². The van der Waals surface area contributed by atoms with Crippen LogP contribution in [0.15, 0.2) is 97.1 Å². The van der Waals surface area contributed by atoms with Crippen LogP contribution in [0.3, 0.4) is 0 Å². The van der Waals surface area contributed by atoms with Crippen molar-refractivity contribution in [2.45, 2.75) is 45.8 Å². The minimum absolute atomic E-state index is 0.00205. The van der Waals surface area contributed by atoms with Crippen LogP contribution >= 0.6 is 0 Å². The Morgan fingerprint density at radius 2 is 1.36 bits per heavy atom. The number of ether oxygens (including phenoxy) is 2. The lowest BCUT2D eigenvalue weighted by Gasteiger charge is -2.13. The maximum Gasteiger partial charge on any atom is 0.311 e. The Morgan fingerprint density at radius 1 is 0.692 bits per heavy atom. The van der Waals surface area contributed by atoms with Gasteiger partial charge >= 0.3 is 5.69 Å². The molecule has 4 aromatic rings. The molecule has 0 unspecified atom stereocenters. The van der Waals surface area contributed by atoms with Crippen LogP contribution in [-0.4, -0.2) is 18.0 Å². The second-order valence-corrected chi connectivity index (χ2v) is 9.54. The molecule has 0 saturated heterocycles. The van der Waals surface area contributed by atoms with Crippen molar-refractivity contribution < 1.29 is 14.4 Å². The Bertz CT molecular complexity index is 1330. The zero-order chi connectivity index (χ0) is 27.3. The van der Waals surface area contributed by atoms with Gasteiger partial charge < -0.3 is 14.8 Å². The van der Waals surface area contributed by atoms with Gasteiger partial charge in [0.15, 0.2) is 5.75 Å². The summed E-state index contributed by atoms with van der Waals surface area (Å²) in [6.45, 7) is 4.62. The molecule has 0 spiro atoms. The van der Waals surface area contributed by atoms with Crippen molar-refractivity contribution in [2.24, 2.45) is 0 Å². The first-order valence-electron chi connectivity index (χ1n) is 13.6. The lowest BCUT2D eigenvalue weighted by molar-refractivity contribution is -0.386. The van der Waals surface area contributed by atoms with Crippen molar-refractivity contribution in [2.75, 3.05) is 13.1 Å². The highest BCUT2D eigenvalue weighted by Gasteiger charge is 2.16. The molecule has 0 radical (unpaired) electrons. The minimum atomic E-state index is -0.375. The van der Waals surface area contributed by atoms with Crippen molar-refractivity contribution in [3.8, 4) is 11.5 Å². The van der Waals surface area contributed by atoms with E-state index in [9.17, 15) is 10.1 Å². The summed E-state index contributed by atoms with van der Waals surface area (Å²) in [6, 6.07) is 31.5. The van der Waals surface area contributed by atoms with Gasteiger partial charge in [-0.05, 0) is 78.4 Å². The summed E-state index contributed by atoms with van der Waals surface area (Å²) < 4.78 is 11.8. The Labute approximate surface area is 230 Å². The molecule has 4 rings (SSSR count). The number of hydrogen-bond donors (Lipinski definition) is 1. The lowest BCUT2D eigenvalue weighted by Crippen LogP contribution is -2.20.